The van der Waals surface area contributed by atoms with Gasteiger partial charge in [-0.3, -0.25) is 9.59 Å². The van der Waals surface area contributed by atoms with Crippen molar-refractivity contribution >= 4 is 57.5 Å². The molecule has 0 bridgehead atoms. The number of hydrogen-bond acceptors (Lipinski definition) is 5. The third-order valence-electron chi connectivity index (χ3n) is 7.64. The van der Waals surface area contributed by atoms with Gasteiger partial charge in [0.2, 0.25) is 11.8 Å². The van der Waals surface area contributed by atoms with Crippen LogP contribution in [0.5, 0.6) is 0 Å². The largest absolute Gasteiger partial charge is 0.325 e. The van der Waals surface area contributed by atoms with E-state index in [1.54, 1.807) is 42.5 Å². The van der Waals surface area contributed by atoms with Gasteiger partial charge < -0.3 is 16.0 Å². The van der Waals surface area contributed by atoms with Gasteiger partial charge in [0.15, 0.2) is 0 Å². The first-order chi connectivity index (χ1) is 19.0. The summed E-state index contributed by atoms with van der Waals surface area (Å²) in [6.45, 7) is 6.20. The third kappa shape index (κ3) is 4.86. The Morgan fingerprint density at radius 1 is 1.25 bits per heavy atom. The fourth-order valence-corrected chi connectivity index (χ4v) is 6.83. The quantitative estimate of drug-likeness (QED) is 0.226. The van der Waals surface area contributed by atoms with E-state index in [0.29, 0.717) is 43.8 Å². The maximum absolute atomic E-state index is 16.2. The summed E-state index contributed by atoms with van der Waals surface area (Å²) in [5.74, 6) is -1.81. The molecule has 0 unspecified atom stereocenters. The maximum Gasteiger partial charge on any atom is 0.243 e. The number of hydrogen-bond donors (Lipinski definition) is 3. The Kier molecular flexibility index (Phi) is 7.63. The highest BCUT2D eigenvalue weighted by atomic mass is 127. The van der Waals surface area contributed by atoms with Crippen LogP contribution in [-0.2, 0) is 19.4 Å². The molecule has 0 radical (unpaired) electrons. The van der Waals surface area contributed by atoms with Crippen molar-refractivity contribution in [1.29, 1.82) is 5.26 Å². The minimum atomic E-state index is -1.29. The van der Waals surface area contributed by atoms with E-state index in [1.165, 1.54) is 6.20 Å². The topological polar surface area (TPSA) is 107 Å². The third-order valence-corrected chi connectivity index (χ3v) is 8.69. The second-order valence-electron chi connectivity index (χ2n) is 11.4. The summed E-state index contributed by atoms with van der Waals surface area (Å²) >= 11 is 8.41. The molecule has 7 nitrogen and oxygen atoms in total. The second-order valence-corrected chi connectivity index (χ2v) is 12.6. The van der Waals surface area contributed by atoms with Crippen LogP contribution in [0, 0.1) is 22.6 Å². The van der Waals surface area contributed by atoms with Crippen LogP contribution in [0.2, 0.25) is 5.02 Å². The van der Waals surface area contributed by atoms with Gasteiger partial charge >= 0.3 is 0 Å². The summed E-state index contributed by atoms with van der Waals surface area (Å²) in [6.07, 6.45) is 1.90. The Labute approximate surface area is 251 Å². The van der Waals surface area contributed by atoms with Gasteiger partial charge in [0, 0.05) is 33.3 Å². The standard InChI is InChI=1S/C30H28ClFIN5O2/c1-29(2,3)12-22-30(20-9-8-18(31)11-21(20)36-28(30)40)24(19-6-4-5-17(13-33)25(19)32)26(37-22)27(39)38-23-10-7-16(14-34)15-35-23/h4-11,15,22,24,26,37H,12-13H2,1-3H3,(H,36,40)(H,35,38,39)/t22-,24-,26+,30+/m0/s1. The van der Waals surface area contributed by atoms with Crippen molar-refractivity contribution in [3.05, 3.63) is 87.8 Å². The molecule has 2 aliphatic heterocycles. The van der Waals surface area contributed by atoms with Gasteiger partial charge in [-0.05, 0) is 52.8 Å². The lowest BCUT2D eigenvalue weighted by Gasteiger charge is -2.37. The van der Waals surface area contributed by atoms with Gasteiger partial charge in [-0.25, -0.2) is 9.37 Å². The van der Waals surface area contributed by atoms with Crippen LogP contribution in [0.15, 0.2) is 54.7 Å². The number of pyridine rings is 1. The number of carbonyl (C=O) groups excluding carboxylic acids is 2. The molecule has 40 heavy (non-hydrogen) atoms. The molecule has 10 heteroatoms. The number of halogens is 3. The summed E-state index contributed by atoms with van der Waals surface area (Å²) < 4.78 is 16.6. The predicted octanol–water partition coefficient (Wildman–Crippen LogP) is 6.07. The van der Waals surface area contributed by atoms with Crippen LogP contribution in [0.4, 0.5) is 15.9 Å². The molecule has 5 rings (SSSR count). The molecule has 1 saturated heterocycles. The molecule has 3 aromatic rings. The summed E-state index contributed by atoms with van der Waals surface area (Å²) in [6, 6.07) is 14.0. The van der Waals surface area contributed by atoms with Gasteiger partial charge in [-0.2, -0.15) is 5.26 Å². The van der Waals surface area contributed by atoms with Crippen LogP contribution in [0.1, 0.15) is 55.4 Å². The van der Waals surface area contributed by atoms with E-state index in [2.05, 4.69) is 64.3 Å². The zero-order chi connectivity index (χ0) is 28.8. The van der Waals surface area contributed by atoms with Gasteiger partial charge in [0.25, 0.3) is 0 Å². The number of fused-ring (bicyclic) bond motifs is 2. The molecule has 1 spiro atoms. The minimum absolute atomic E-state index is 0.229. The van der Waals surface area contributed by atoms with Crippen LogP contribution >= 0.6 is 34.2 Å². The Hall–Kier alpha value is -3.07. The number of rotatable bonds is 5. The van der Waals surface area contributed by atoms with Crippen LogP contribution in [-0.4, -0.2) is 28.9 Å². The molecule has 0 aliphatic carbocycles. The SMILES string of the molecule is CC(C)(C)C[C@@H]1N[C@@H](C(=O)Nc2ccc(C#N)cn2)[C@H](c2cccc(CI)c2F)[C@]12C(=O)Nc1cc(Cl)ccc12. The second kappa shape index (κ2) is 10.7. The smallest absolute Gasteiger partial charge is 0.243 e. The van der Waals surface area contributed by atoms with Crippen LogP contribution in [0.3, 0.4) is 0 Å². The Bertz CT molecular complexity index is 1530. The normalized spacial score (nSPS) is 23.5. The number of aromatic nitrogens is 1. The molecule has 1 aromatic heterocycles. The summed E-state index contributed by atoms with van der Waals surface area (Å²) in [5.41, 5.74) is 0.864. The monoisotopic (exact) mass is 671 g/mol. The predicted molar refractivity (Wildman–Crippen MR) is 161 cm³/mol. The lowest BCUT2D eigenvalue weighted by molar-refractivity contribution is -0.122. The summed E-state index contributed by atoms with van der Waals surface area (Å²) in [5, 5.41) is 18.9. The molecule has 2 aromatic carbocycles. The number of benzene rings is 2. The first-order valence-electron chi connectivity index (χ1n) is 12.9. The molecule has 2 amide bonds. The number of nitrogens with zero attached hydrogens (tertiary/aromatic N) is 2. The molecular formula is C30H28ClFIN5O2. The molecule has 2 aliphatic rings. The lowest BCUT2D eigenvalue weighted by atomic mass is 9.62. The van der Waals surface area contributed by atoms with E-state index in [0.717, 1.165) is 0 Å². The van der Waals surface area contributed by atoms with E-state index in [9.17, 15) is 9.59 Å². The van der Waals surface area contributed by atoms with Crippen molar-refractivity contribution in [3.63, 3.8) is 0 Å². The Balaban J connectivity index is 1.72. The van der Waals surface area contributed by atoms with Crippen molar-refractivity contribution in [2.75, 3.05) is 10.6 Å². The number of amides is 2. The fraction of sp³-hybridized carbons (Fsp3) is 0.333. The highest BCUT2D eigenvalue weighted by Gasteiger charge is 2.66. The van der Waals surface area contributed by atoms with Crippen molar-refractivity contribution < 1.29 is 14.0 Å². The lowest BCUT2D eigenvalue weighted by Crippen LogP contribution is -2.49. The molecule has 1 fully saturated rings. The van der Waals surface area contributed by atoms with Gasteiger partial charge in [-0.15, -0.1) is 0 Å². The molecule has 3 N–H and O–H groups in total. The average Bonchev–Trinajstić information content (AvgIpc) is 3.38. The van der Waals surface area contributed by atoms with E-state index in [4.69, 9.17) is 16.9 Å². The van der Waals surface area contributed by atoms with Crippen LogP contribution in [0.25, 0.3) is 0 Å². The Morgan fingerprint density at radius 2 is 2.02 bits per heavy atom. The molecular weight excluding hydrogens is 644 g/mol. The average molecular weight is 672 g/mol. The van der Waals surface area contributed by atoms with Gasteiger partial charge in [0.1, 0.15) is 23.1 Å². The van der Waals surface area contributed by atoms with Crippen molar-refractivity contribution in [3.8, 4) is 6.07 Å². The number of anilines is 2. The number of nitriles is 1. The Morgan fingerprint density at radius 3 is 2.67 bits per heavy atom. The van der Waals surface area contributed by atoms with Crippen molar-refractivity contribution in [2.24, 2.45) is 5.41 Å². The number of alkyl halides is 1. The molecule has 3 heterocycles. The number of nitrogens with one attached hydrogen (secondary N) is 3. The minimum Gasteiger partial charge on any atom is -0.325 e. The molecule has 4 atom stereocenters. The molecule has 0 saturated carbocycles. The van der Waals surface area contributed by atoms with E-state index in [-0.39, 0.29) is 17.1 Å². The van der Waals surface area contributed by atoms with E-state index in [1.807, 2.05) is 12.1 Å². The molecule has 206 valence electrons. The van der Waals surface area contributed by atoms with Gasteiger partial charge in [-0.1, -0.05) is 79.2 Å². The highest BCUT2D eigenvalue weighted by Crippen LogP contribution is 2.57. The first-order valence-corrected chi connectivity index (χ1v) is 14.8. The van der Waals surface area contributed by atoms with Crippen LogP contribution < -0.4 is 16.0 Å². The van der Waals surface area contributed by atoms with E-state index < -0.39 is 35.1 Å². The van der Waals surface area contributed by atoms with Crippen molar-refractivity contribution in [2.45, 2.75) is 55.0 Å². The zero-order valence-electron chi connectivity index (χ0n) is 22.2. The van der Waals surface area contributed by atoms with Crippen molar-refractivity contribution in [1.82, 2.24) is 10.3 Å². The zero-order valence-corrected chi connectivity index (χ0v) is 25.1. The summed E-state index contributed by atoms with van der Waals surface area (Å²) in [7, 11) is 0. The summed E-state index contributed by atoms with van der Waals surface area (Å²) in [4.78, 5) is 32.4. The fourth-order valence-electron chi connectivity index (χ4n) is 6.07. The van der Waals surface area contributed by atoms with E-state index >= 15 is 4.39 Å². The van der Waals surface area contributed by atoms with Gasteiger partial charge in [0.05, 0.1) is 11.6 Å². The number of carbonyl (C=O) groups is 2. The maximum atomic E-state index is 16.2. The highest BCUT2D eigenvalue weighted by molar-refractivity contribution is 14.1. The first kappa shape index (κ1) is 28.5.